The van der Waals surface area contributed by atoms with Crippen molar-refractivity contribution in [2.24, 2.45) is 0 Å². The number of likely N-dealkylation sites (tertiary alicyclic amines) is 1. The van der Waals surface area contributed by atoms with Crippen LogP contribution in [0.3, 0.4) is 0 Å². The summed E-state index contributed by atoms with van der Waals surface area (Å²) in [6, 6.07) is -1.39. The molecule has 0 radical (unpaired) electrons. The number of carboxylic acids is 2. The van der Waals surface area contributed by atoms with E-state index in [2.05, 4.69) is 5.32 Å². The average molecular weight is 276 g/mol. The van der Waals surface area contributed by atoms with E-state index in [9.17, 15) is 9.59 Å². The zero-order chi connectivity index (χ0) is 12.6. The number of nitrogens with zero attached hydrogens (tertiary/aromatic N) is 1. The number of carboxylic acid groups (broad SMARTS) is 2. The van der Waals surface area contributed by atoms with Gasteiger partial charge in [-0.3, -0.25) is 19.8 Å². The summed E-state index contributed by atoms with van der Waals surface area (Å²) in [4.78, 5) is 24.2. The van der Waals surface area contributed by atoms with Gasteiger partial charge >= 0.3 is 11.9 Å². The van der Waals surface area contributed by atoms with Crippen LogP contribution < -0.4 is 5.32 Å². The smallest absolute Gasteiger partial charge is 0.326 e. The minimum atomic E-state index is -0.964. The van der Waals surface area contributed by atoms with Crippen LogP contribution in [0.1, 0.15) is 6.42 Å². The molecule has 0 aromatic carbocycles. The van der Waals surface area contributed by atoms with Crippen molar-refractivity contribution in [1.82, 2.24) is 10.2 Å². The lowest BCUT2D eigenvalue weighted by Gasteiger charge is -2.27. The average Bonchev–Trinajstić information content (AvgIpc) is 2.82. The Hall–Kier alpha value is -0.700. The Morgan fingerprint density at radius 1 is 1.41 bits per heavy atom. The number of thiocarbonyl (C=S) groups is 1. The fourth-order valence-electron chi connectivity index (χ4n) is 2.01. The maximum absolute atomic E-state index is 11.1. The summed E-state index contributed by atoms with van der Waals surface area (Å²) < 4.78 is 0. The molecule has 6 nitrogen and oxygen atoms in total. The van der Waals surface area contributed by atoms with Gasteiger partial charge in [-0.05, 0) is 6.42 Å². The van der Waals surface area contributed by atoms with Gasteiger partial charge in [0.25, 0.3) is 0 Å². The molecule has 0 amide bonds. The fourth-order valence-corrected chi connectivity index (χ4v) is 3.63. The topological polar surface area (TPSA) is 89.9 Å². The molecule has 3 atom stereocenters. The number of hydrogen-bond acceptors (Lipinski definition) is 6. The van der Waals surface area contributed by atoms with Crippen LogP contribution in [0.5, 0.6) is 0 Å². The monoisotopic (exact) mass is 276 g/mol. The Bertz CT molecular complexity index is 376. The molecule has 0 aromatic rings. The Balaban J connectivity index is 2.06. The number of aliphatic carboxylic acids is 2. The SMILES string of the molecule is O=C(O)C1CSC(N2CCC(=S)[C@H]2C(=O)O)N1. The summed E-state index contributed by atoms with van der Waals surface area (Å²) in [5, 5.41) is 20.9. The second kappa shape index (κ2) is 4.89. The van der Waals surface area contributed by atoms with E-state index in [1.807, 2.05) is 0 Å². The summed E-state index contributed by atoms with van der Waals surface area (Å²) in [6.45, 7) is 0.562. The van der Waals surface area contributed by atoms with Crippen LogP contribution in [-0.2, 0) is 9.59 Å². The zero-order valence-corrected chi connectivity index (χ0v) is 10.5. The lowest BCUT2D eigenvalue weighted by Crippen LogP contribution is -2.50. The van der Waals surface area contributed by atoms with Gasteiger partial charge in [-0.2, -0.15) is 0 Å². The van der Waals surface area contributed by atoms with Gasteiger partial charge < -0.3 is 10.2 Å². The minimum absolute atomic E-state index is 0.280. The predicted molar refractivity (Wildman–Crippen MR) is 66.2 cm³/mol. The van der Waals surface area contributed by atoms with Gasteiger partial charge in [-0.1, -0.05) is 12.2 Å². The van der Waals surface area contributed by atoms with E-state index >= 15 is 0 Å². The van der Waals surface area contributed by atoms with Gasteiger partial charge in [-0.25, -0.2) is 0 Å². The highest BCUT2D eigenvalue weighted by Crippen LogP contribution is 2.28. The van der Waals surface area contributed by atoms with Gasteiger partial charge in [0, 0.05) is 17.2 Å². The first-order valence-corrected chi connectivity index (χ1v) is 6.58. The Kier molecular flexibility index (Phi) is 3.67. The van der Waals surface area contributed by atoms with Crippen molar-refractivity contribution in [3.05, 3.63) is 0 Å². The lowest BCUT2D eigenvalue weighted by molar-refractivity contribution is -0.140. The van der Waals surface area contributed by atoms with Crippen molar-refractivity contribution in [1.29, 1.82) is 0 Å². The summed E-state index contributed by atoms with van der Waals surface area (Å²) in [5.74, 6) is -1.43. The van der Waals surface area contributed by atoms with Crippen molar-refractivity contribution >= 4 is 40.8 Å². The second-order valence-corrected chi connectivity index (χ2v) is 5.58. The first-order valence-electron chi connectivity index (χ1n) is 5.12. The van der Waals surface area contributed by atoms with E-state index in [1.165, 1.54) is 11.8 Å². The molecule has 3 N–H and O–H groups in total. The molecular weight excluding hydrogens is 264 g/mol. The van der Waals surface area contributed by atoms with Crippen LogP contribution in [0.4, 0.5) is 0 Å². The first kappa shape index (κ1) is 12.7. The molecule has 8 heteroatoms. The Labute approximate surface area is 107 Å². The van der Waals surface area contributed by atoms with E-state index in [-0.39, 0.29) is 5.50 Å². The molecule has 2 saturated heterocycles. The van der Waals surface area contributed by atoms with Gasteiger partial charge in [0.15, 0.2) is 0 Å². The predicted octanol–water partition coefficient (Wildman–Crippen LogP) is -0.412. The second-order valence-electron chi connectivity index (χ2n) is 3.94. The number of rotatable bonds is 3. The molecule has 2 heterocycles. The molecule has 2 rings (SSSR count). The standard InChI is InChI=1S/C9H12N2O4S2/c12-7(13)4-3-17-9(10-4)11-2-1-5(16)6(11)8(14)15/h4,6,9-10H,1-3H2,(H,12,13)(H,14,15)/t4?,6-,9?/m0/s1. The van der Waals surface area contributed by atoms with Crippen LogP contribution in [0, 0.1) is 0 Å². The fraction of sp³-hybridized carbons (Fsp3) is 0.667. The molecule has 17 heavy (non-hydrogen) atoms. The van der Waals surface area contributed by atoms with E-state index in [1.54, 1.807) is 4.90 Å². The zero-order valence-electron chi connectivity index (χ0n) is 8.83. The summed E-state index contributed by atoms with van der Waals surface area (Å²) in [6.07, 6.45) is 0.572. The minimum Gasteiger partial charge on any atom is -0.480 e. The molecule has 0 aromatic heterocycles. The summed E-state index contributed by atoms with van der Waals surface area (Å²) in [5.41, 5.74) is -0.280. The van der Waals surface area contributed by atoms with Crippen LogP contribution in [0.2, 0.25) is 0 Å². The maximum Gasteiger partial charge on any atom is 0.326 e. The highest BCUT2D eigenvalue weighted by Gasteiger charge is 2.43. The van der Waals surface area contributed by atoms with E-state index in [4.69, 9.17) is 22.4 Å². The number of nitrogens with one attached hydrogen (secondary N) is 1. The normalized spacial score (nSPS) is 34.1. The number of thioether (sulfide) groups is 1. The van der Waals surface area contributed by atoms with Crippen molar-refractivity contribution in [3.63, 3.8) is 0 Å². The third kappa shape index (κ3) is 2.44. The van der Waals surface area contributed by atoms with E-state index in [0.29, 0.717) is 23.6 Å². The lowest BCUT2D eigenvalue weighted by atomic mass is 10.2. The quantitative estimate of drug-likeness (QED) is 0.599. The van der Waals surface area contributed by atoms with Crippen molar-refractivity contribution in [2.75, 3.05) is 12.3 Å². The highest BCUT2D eigenvalue weighted by molar-refractivity contribution is 8.00. The molecule has 0 saturated carbocycles. The van der Waals surface area contributed by atoms with Crippen molar-refractivity contribution < 1.29 is 19.8 Å². The molecular formula is C9H12N2O4S2. The van der Waals surface area contributed by atoms with E-state index in [0.717, 1.165) is 0 Å². The molecule has 94 valence electrons. The first-order chi connectivity index (χ1) is 8.00. The summed E-state index contributed by atoms with van der Waals surface area (Å²) >= 11 is 6.44. The molecule has 2 unspecified atom stereocenters. The molecule has 2 fully saturated rings. The molecule has 2 aliphatic heterocycles. The van der Waals surface area contributed by atoms with Gasteiger partial charge in [0.1, 0.15) is 17.6 Å². The van der Waals surface area contributed by atoms with Gasteiger partial charge in [0.2, 0.25) is 0 Å². The third-order valence-electron chi connectivity index (χ3n) is 2.85. The van der Waals surface area contributed by atoms with Crippen LogP contribution in [0.15, 0.2) is 0 Å². The highest BCUT2D eigenvalue weighted by atomic mass is 32.2. The van der Waals surface area contributed by atoms with Gasteiger partial charge in [0.05, 0.1) is 0 Å². The molecule has 2 aliphatic rings. The van der Waals surface area contributed by atoms with Crippen LogP contribution in [-0.4, -0.2) is 61.8 Å². The molecule has 0 aliphatic carbocycles. The van der Waals surface area contributed by atoms with Gasteiger partial charge in [-0.15, -0.1) is 11.8 Å². The van der Waals surface area contributed by atoms with Crippen LogP contribution >= 0.6 is 24.0 Å². The third-order valence-corrected chi connectivity index (χ3v) is 4.53. The Morgan fingerprint density at radius 2 is 2.12 bits per heavy atom. The maximum atomic E-state index is 11.1. The van der Waals surface area contributed by atoms with E-state index < -0.39 is 24.0 Å². The number of carbonyl (C=O) groups is 2. The van der Waals surface area contributed by atoms with Crippen molar-refractivity contribution in [3.8, 4) is 0 Å². The number of hydrogen-bond donors (Lipinski definition) is 3. The van der Waals surface area contributed by atoms with Crippen molar-refractivity contribution in [2.45, 2.75) is 24.0 Å². The molecule has 0 bridgehead atoms. The molecule has 0 spiro atoms. The summed E-state index contributed by atoms with van der Waals surface area (Å²) in [7, 11) is 0. The largest absolute Gasteiger partial charge is 0.480 e. The Morgan fingerprint density at radius 3 is 2.65 bits per heavy atom. The van der Waals surface area contributed by atoms with Crippen LogP contribution in [0.25, 0.3) is 0 Å².